The fourth-order valence-corrected chi connectivity index (χ4v) is 6.49. The van der Waals surface area contributed by atoms with Gasteiger partial charge in [-0.1, -0.05) is 24.6 Å². The van der Waals surface area contributed by atoms with Crippen LogP contribution in [0.2, 0.25) is 0 Å². The lowest BCUT2D eigenvalue weighted by Gasteiger charge is -2.26. The first-order valence-electron chi connectivity index (χ1n) is 13.8. The summed E-state index contributed by atoms with van der Waals surface area (Å²) in [6, 6.07) is 12.8. The first-order valence-corrected chi connectivity index (χ1v) is 15.3. The van der Waals surface area contributed by atoms with Crippen LogP contribution in [0.25, 0.3) is 10.9 Å². The molecule has 0 spiro atoms. The van der Waals surface area contributed by atoms with E-state index < -0.39 is 32.5 Å². The lowest BCUT2D eigenvalue weighted by molar-refractivity contribution is -0.139. The Hall–Kier alpha value is -3.90. The van der Waals surface area contributed by atoms with E-state index in [9.17, 15) is 21.6 Å². The largest absolute Gasteiger partial charge is 0.493 e. The monoisotopic (exact) mass is 617 g/mol. The molecule has 0 aliphatic carbocycles. The number of fused-ring (bicyclic) bond motifs is 1. The maximum absolute atomic E-state index is 15.2. The number of likely N-dealkylation sites (tertiary alicyclic amines) is 1. The number of hydrogen-bond donors (Lipinski definition) is 1. The number of piperidine rings is 1. The zero-order valence-electron chi connectivity index (χ0n) is 23.5. The number of pyridine rings is 1. The van der Waals surface area contributed by atoms with E-state index in [1.807, 2.05) is 0 Å². The van der Waals surface area contributed by atoms with Crippen molar-refractivity contribution >= 4 is 26.6 Å². The number of rotatable bonds is 10. The van der Waals surface area contributed by atoms with Gasteiger partial charge in [-0.2, -0.15) is 13.2 Å². The first kappa shape index (κ1) is 30.6. The molecule has 1 aliphatic rings. The van der Waals surface area contributed by atoms with E-state index in [-0.39, 0.29) is 17.7 Å². The molecule has 12 heteroatoms. The summed E-state index contributed by atoms with van der Waals surface area (Å²) >= 11 is 0. The minimum atomic E-state index is -4.88. The number of nitrogens with one attached hydrogen (secondary N) is 1. The third-order valence-corrected chi connectivity index (χ3v) is 8.84. The van der Waals surface area contributed by atoms with Crippen LogP contribution in [0.5, 0.6) is 11.5 Å². The maximum atomic E-state index is 15.2. The molecule has 3 aromatic carbocycles. The number of sulfonamides is 1. The molecule has 7 nitrogen and oxygen atoms in total. The molecule has 1 N–H and O–H groups in total. The van der Waals surface area contributed by atoms with E-state index in [1.54, 1.807) is 31.5 Å². The van der Waals surface area contributed by atoms with Crippen molar-refractivity contribution in [2.75, 3.05) is 38.1 Å². The SMILES string of the molecule is COc1cc2c(Cc3ccc(NS(=O)(=O)c4ccccc4C(F)(F)F)cc3F)ccnc2cc1OCCN1CCCCC1. The summed E-state index contributed by atoms with van der Waals surface area (Å²) in [4.78, 5) is 5.88. The van der Waals surface area contributed by atoms with Gasteiger partial charge in [0.05, 0.1) is 28.8 Å². The van der Waals surface area contributed by atoms with E-state index in [0.717, 1.165) is 48.8 Å². The van der Waals surface area contributed by atoms with Crippen molar-refractivity contribution in [2.24, 2.45) is 0 Å². The fraction of sp³-hybridized carbons (Fsp3) is 0.323. The number of aromatic nitrogens is 1. The molecule has 0 amide bonds. The minimum Gasteiger partial charge on any atom is -0.493 e. The van der Waals surface area contributed by atoms with Crippen molar-refractivity contribution in [1.29, 1.82) is 0 Å². The van der Waals surface area contributed by atoms with Crippen LogP contribution in [0.1, 0.15) is 36.0 Å². The second-order valence-electron chi connectivity index (χ2n) is 10.3. The summed E-state index contributed by atoms with van der Waals surface area (Å²) in [5.41, 5.74) is 0.127. The van der Waals surface area contributed by atoms with E-state index in [0.29, 0.717) is 29.7 Å². The molecule has 0 radical (unpaired) electrons. The summed E-state index contributed by atoms with van der Waals surface area (Å²) in [7, 11) is -3.10. The van der Waals surface area contributed by atoms with Crippen LogP contribution in [-0.4, -0.2) is 51.7 Å². The van der Waals surface area contributed by atoms with Gasteiger partial charge in [0.15, 0.2) is 11.5 Å². The van der Waals surface area contributed by atoms with E-state index in [4.69, 9.17) is 9.47 Å². The highest BCUT2D eigenvalue weighted by molar-refractivity contribution is 7.92. The maximum Gasteiger partial charge on any atom is 0.417 e. The Morgan fingerprint density at radius 2 is 1.72 bits per heavy atom. The molecule has 4 aromatic rings. The quantitative estimate of drug-likeness (QED) is 0.201. The smallest absolute Gasteiger partial charge is 0.417 e. The van der Waals surface area contributed by atoms with Gasteiger partial charge in [-0.25, -0.2) is 12.8 Å². The molecule has 0 saturated carbocycles. The fourth-order valence-electron chi connectivity index (χ4n) is 5.21. The number of benzene rings is 3. The van der Waals surface area contributed by atoms with Crippen molar-refractivity contribution in [3.8, 4) is 11.5 Å². The standard InChI is InChI=1S/C31H31F4N3O4S/c1-41-28-19-24-21(11-12-36-27(24)20-29(28)42-16-15-38-13-5-2-6-14-38)17-22-9-10-23(18-26(22)32)37-43(39,40)30-8-4-3-7-25(30)31(33,34)35/h3-4,7-12,18-20,37H,2,5-6,13-17H2,1H3. The van der Waals surface area contributed by atoms with Gasteiger partial charge in [0.1, 0.15) is 12.4 Å². The van der Waals surface area contributed by atoms with Gasteiger partial charge in [-0.3, -0.25) is 14.6 Å². The number of ether oxygens (including phenoxy) is 2. The van der Waals surface area contributed by atoms with Gasteiger partial charge in [0, 0.05) is 30.6 Å². The topological polar surface area (TPSA) is 80.8 Å². The highest BCUT2D eigenvalue weighted by atomic mass is 32.2. The molecule has 0 bridgehead atoms. The summed E-state index contributed by atoms with van der Waals surface area (Å²) in [6.07, 6.45) is 0.531. The average molecular weight is 618 g/mol. The predicted octanol–water partition coefficient (Wildman–Crippen LogP) is 6.66. The minimum absolute atomic E-state index is 0.146. The van der Waals surface area contributed by atoms with Crippen LogP contribution in [0.4, 0.5) is 23.2 Å². The van der Waals surface area contributed by atoms with Gasteiger partial charge in [-0.15, -0.1) is 0 Å². The second kappa shape index (κ2) is 12.8. The van der Waals surface area contributed by atoms with Crippen molar-refractivity contribution in [2.45, 2.75) is 36.8 Å². The normalized spacial score (nSPS) is 14.5. The zero-order valence-corrected chi connectivity index (χ0v) is 24.3. The Bertz CT molecular complexity index is 1710. The summed E-state index contributed by atoms with van der Waals surface area (Å²) in [5.74, 6) is 0.357. The lowest BCUT2D eigenvalue weighted by Crippen LogP contribution is -2.33. The van der Waals surface area contributed by atoms with Crippen LogP contribution >= 0.6 is 0 Å². The van der Waals surface area contributed by atoms with E-state index in [1.165, 1.54) is 37.5 Å². The molecular weight excluding hydrogens is 586 g/mol. The second-order valence-corrected chi connectivity index (χ2v) is 12.0. The molecule has 228 valence electrons. The van der Waals surface area contributed by atoms with Gasteiger partial charge in [-0.05, 0) is 73.5 Å². The number of nitrogens with zero attached hydrogens (tertiary/aromatic N) is 2. The Morgan fingerprint density at radius 3 is 2.44 bits per heavy atom. The van der Waals surface area contributed by atoms with Crippen molar-refractivity contribution in [1.82, 2.24) is 9.88 Å². The highest BCUT2D eigenvalue weighted by Gasteiger charge is 2.37. The summed E-state index contributed by atoms with van der Waals surface area (Å²) in [6.45, 7) is 3.46. The summed E-state index contributed by atoms with van der Waals surface area (Å²) < 4.78 is 94.5. The Morgan fingerprint density at radius 1 is 0.953 bits per heavy atom. The average Bonchev–Trinajstić information content (AvgIpc) is 2.98. The molecular formula is C31H31F4N3O4S. The van der Waals surface area contributed by atoms with Crippen LogP contribution in [0.15, 0.2) is 71.8 Å². The predicted molar refractivity (Wildman–Crippen MR) is 156 cm³/mol. The zero-order chi connectivity index (χ0) is 30.6. The molecule has 1 saturated heterocycles. The van der Waals surface area contributed by atoms with Crippen LogP contribution in [-0.2, 0) is 22.6 Å². The van der Waals surface area contributed by atoms with Crippen molar-refractivity contribution < 1.29 is 35.5 Å². The Kier molecular flexibility index (Phi) is 9.07. The molecule has 5 rings (SSSR count). The number of hydrogen-bond acceptors (Lipinski definition) is 6. The number of anilines is 1. The number of halogens is 4. The van der Waals surface area contributed by atoms with E-state index >= 15 is 4.39 Å². The molecule has 0 unspecified atom stereocenters. The molecule has 1 aliphatic heterocycles. The molecule has 1 aromatic heterocycles. The molecule has 0 atom stereocenters. The van der Waals surface area contributed by atoms with Gasteiger partial charge in [0.25, 0.3) is 10.0 Å². The Labute approximate surface area is 247 Å². The lowest BCUT2D eigenvalue weighted by atomic mass is 10.00. The van der Waals surface area contributed by atoms with Crippen molar-refractivity contribution in [3.63, 3.8) is 0 Å². The first-order chi connectivity index (χ1) is 20.5. The van der Waals surface area contributed by atoms with Gasteiger partial charge >= 0.3 is 6.18 Å². The van der Waals surface area contributed by atoms with Gasteiger partial charge < -0.3 is 9.47 Å². The van der Waals surface area contributed by atoms with Crippen LogP contribution in [0, 0.1) is 5.82 Å². The van der Waals surface area contributed by atoms with Crippen molar-refractivity contribution in [3.05, 3.63) is 89.4 Å². The molecule has 1 fully saturated rings. The number of alkyl halides is 3. The molecule has 43 heavy (non-hydrogen) atoms. The Balaban J connectivity index is 1.34. The van der Waals surface area contributed by atoms with Gasteiger partial charge in [0.2, 0.25) is 0 Å². The third-order valence-electron chi connectivity index (χ3n) is 7.40. The van der Waals surface area contributed by atoms with Crippen LogP contribution < -0.4 is 14.2 Å². The number of methoxy groups -OCH3 is 1. The third kappa shape index (κ3) is 7.19. The highest BCUT2D eigenvalue weighted by Crippen LogP contribution is 2.36. The van der Waals surface area contributed by atoms with Crippen LogP contribution in [0.3, 0.4) is 0 Å². The molecule has 2 heterocycles. The summed E-state index contributed by atoms with van der Waals surface area (Å²) in [5, 5.41) is 0.732. The van der Waals surface area contributed by atoms with E-state index in [2.05, 4.69) is 14.6 Å².